The van der Waals surface area contributed by atoms with Crippen molar-refractivity contribution in [3.63, 3.8) is 0 Å². The van der Waals surface area contributed by atoms with Crippen LogP contribution in [0.25, 0.3) is 0 Å². The van der Waals surface area contributed by atoms with E-state index < -0.39 is 0 Å². The molecule has 0 aliphatic carbocycles. The number of hydrogen-bond acceptors (Lipinski definition) is 2. The molecule has 0 aromatic carbocycles. The molecule has 0 aromatic heterocycles. The Hall–Kier alpha value is -0.860. The fourth-order valence-corrected chi connectivity index (χ4v) is 0.382. The molecule has 0 radical (unpaired) electrons. The lowest BCUT2D eigenvalue weighted by molar-refractivity contribution is -0.121. The maximum absolute atomic E-state index is 10.3. The summed E-state index contributed by atoms with van der Waals surface area (Å²) in [7, 11) is 0. The summed E-state index contributed by atoms with van der Waals surface area (Å²) in [6, 6.07) is 0. The number of carbonyl (C=O) groups is 1. The molecule has 38 valence electrons. The number of hydrogen-bond donors (Lipinski definition) is 1. The second kappa shape index (κ2) is 1.33. The molecule has 7 heavy (non-hydrogen) atoms. The van der Waals surface area contributed by atoms with E-state index in [0.717, 1.165) is 0 Å². The predicted molar refractivity (Wildman–Crippen MR) is 25.8 cm³/mol. The van der Waals surface area contributed by atoms with Gasteiger partial charge in [0, 0.05) is 6.21 Å². The molecule has 0 saturated heterocycles. The van der Waals surface area contributed by atoms with Crippen LogP contribution in [0.1, 0.15) is 6.92 Å². The maximum Gasteiger partial charge on any atom is 0.248 e. The molecule has 1 heterocycles. The van der Waals surface area contributed by atoms with Gasteiger partial charge in [-0.05, 0) is 6.92 Å². The first-order valence-electron chi connectivity index (χ1n) is 2.14. The number of hydrazone groups is 1. The molecule has 0 bridgehead atoms. The highest BCUT2D eigenvalue weighted by Gasteiger charge is 2.13. The molecule has 3 heteroatoms. The molecule has 1 aliphatic rings. The summed E-state index contributed by atoms with van der Waals surface area (Å²) in [6.07, 6.45) is 1.59. The molecule has 1 amide bonds. The topological polar surface area (TPSA) is 41.5 Å². The fourth-order valence-electron chi connectivity index (χ4n) is 0.382. The zero-order chi connectivity index (χ0) is 5.28. The highest BCUT2D eigenvalue weighted by atomic mass is 16.2. The summed E-state index contributed by atoms with van der Waals surface area (Å²) in [5.74, 6) is -0.0417. The van der Waals surface area contributed by atoms with Crippen molar-refractivity contribution in [3.05, 3.63) is 0 Å². The lowest BCUT2D eigenvalue weighted by Crippen LogP contribution is -2.16. The standard InChI is InChI=1S/C4H6N2O/c1-3-2-5-6-4(3)7/h2-3H,1H3,(H,6,7). The molecule has 0 saturated carbocycles. The summed E-state index contributed by atoms with van der Waals surface area (Å²) in [6.45, 7) is 1.80. The van der Waals surface area contributed by atoms with Crippen LogP contribution < -0.4 is 5.43 Å². The minimum atomic E-state index is -0.0278. The molecule has 1 unspecified atom stereocenters. The molecular weight excluding hydrogens is 92.1 g/mol. The Balaban J connectivity index is 2.62. The lowest BCUT2D eigenvalue weighted by Gasteiger charge is -1.87. The molecule has 0 spiro atoms. The van der Waals surface area contributed by atoms with Gasteiger partial charge in [0.05, 0.1) is 5.92 Å². The second-order valence-corrected chi connectivity index (χ2v) is 1.54. The first kappa shape index (κ1) is 4.30. The number of nitrogens with one attached hydrogen (secondary N) is 1. The van der Waals surface area contributed by atoms with E-state index >= 15 is 0 Å². The summed E-state index contributed by atoms with van der Waals surface area (Å²) in [5, 5.41) is 3.52. The molecule has 1 rings (SSSR count). The number of nitrogens with zero attached hydrogens (tertiary/aromatic N) is 1. The van der Waals surface area contributed by atoms with Crippen molar-refractivity contribution in [1.82, 2.24) is 5.43 Å². The summed E-state index contributed by atoms with van der Waals surface area (Å²) < 4.78 is 0. The fraction of sp³-hybridized carbons (Fsp3) is 0.500. The smallest absolute Gasteiger partial charge is 0.248 e. The van der Waals surface area contributed by atoms with Crippen molar-refractivity contribution in [2.24, 2.45) is 11.0 Å². The summed E-state index contributed by atoms with van der Waals surface area (Å²) in [4.78, 5) is 10.3. The Morgan fingerprint density at radius 1 is 2.00 bits per heavy atom. The van der Waals surface area contributed by atoms with Crippen molar-refractivity contribution in [2.45, 2.75) is 6.92 Å². The van der Waals surface area contributed by atoms with Crippen LogP contribution in [0.15, 0.2) is 5.10 Å². The van der Waals surface area contributed by atoms with Gasteiger partial charge in [-0.25, -0.2) is 5.43 Å². The van der Waals surface area contributed by atoms with E-state index in [1.165, 1.54) is 0 Å². The van der Waals surface area contributed by atoms with Gasteiger partial charge in [-0.1, -0.05) is 0 Å². The zero-order valence-electron chi connectivity index (χ0n) is 4.01. The maximum atomic E-state index is 10.3. The quantitative estimate of drug-likeness (QED) is 0.445. The van der Waals surface area contributed by atoms with Gasteiger partial charge in [-0.2, -0.15) is 5.10 Å². The lowest BCUT2D eigenvalue weighted by atomic mass is 10.2. The van der Waals surface area contributed by atoms with Gasteiger partial charge >= 0.3 is 0 Å². The van der Waals surface area contributed by atoms with E-state index in [1.807, 2.05) is 0 Å². The van der Waals surface area contributed by atoms with E-state index in [0.29, 0.717) is 0 Å². The molecule has 0 fully saturated rings. The average molecular weight is 98.1 g/mol. The third-order valence-corrected chi connectivity index (χ3v) is 0.886. The van der Waals surface area contributed by atoms with Crippen LogP contribution in [0, 0.1) is 5.92 Å². The SMILES string of the molecule is CC1C=NNC1=O. The Morgan fingerprint density at radius 2 is 2.71 bits per heavy atom. The minimum absolute atomic E-state index is 0.0139. The third-order valence-electron chi connectivity index (χ3n) is 0.886. The largest absolute Gasteiger partial charge is 0.272 e. The molecule has 1 N–H and O–H groups in total. The van der Waals surface area contributed by atoms with Gasteiger partial charge in [0.1, 0.15) is 0 Å². The predicted octanol–water partition coefficient (Wildman–Crippen LogP) is -0.262. The van der Waals surface area contributed by atoms with Gasteiger partial charge in [-0.15, -0.1) is 0 Å². The molecule has 0 aromatic rings. The van der Waals surface area contributed by atoms with Crippen molar-refractivity contribution in [3.8, 4) is 0 Å². The van der Waals surface area contributed by atoms with Crippen LogP contribution in [0.5, 0.6) is 0 Å². The van der Waals surface area contributed by atoms with Crippen molar-refractivity contribution >= 4 is 12.1 Å². The Bertz CT molecular complexity index is 119. The van der Waals surface area contributed by atoms with Crippen molar-refractivity contribution < 1.29 is 4.79 Å². The number of carbonyl (C=O) groups excluding carboxylic acids is 1. The minimum Gasteiger partial charge on any atom is -0.272 e. The van der Waals surface area contributed by atoms with E-state index in [1.54, 1.807) is 13.1 Å². The Morgan fingerprint density at radius 3 is 2.86 bits per heavy atom. The van der Waals surface area contributed by atoms with Gasteiger partial charge in [0.15, 0.2) is 0 Å². The van der Waals surface area contributed by atoms with Gasteiger partial charge < -0.3 is 0 Å². The van der Waals surface area contributed by atoms with Crippen molar-refractivity contribution in [2.75, 3.05) is 0 Å². The van der Waals surface area contributed by atoms with Crippen LogP contribution in [0.4, 0.5) is 0 Å². The molecule has 1 atom stereocenters. The number of rotatable bonds is 0. The van der Waals surface area contributed by atoms with Gasteiger partial charge in [0.2, 0.25) is 5.91 Å². The molecule has 1 aliphatic heterocycles. The second-order valence-electron chi connectivity index (χ2n) is 1.54. The summed E-state index contributed by atoms with van der Waals surface area (Å²) >= 11 is 0. The van der Waals surface area contributed by atoms with Crippen LogP contribution in [0.3, 0.4) is 0 Å². The highest BCUT2D eigenvalue weighted by Crippen LogP contribution is 1.94. The molecule has 3 nitrogen and oxygen atoms in total. The van der Waals surface area contributed by atoms with Crippen LogP contribution in [0.2, 0.25) is 0 Å². The highest BCUT2D eigenvalue weighted by molar-refractivity contribution is 5.96. The van der Waals surface area contributed by atoms with Crippen molar-refractivity contribution in [1.29, 1.82) is 0 Å². The van der Waals surface area contributed by atoms with E-state index in [4.69, 9.17) is 0 Å². The normalized spacial score (nSPS) is 28.1. The monoisotopic (exact) mass is 98.0 g/mol. The third kappa shape index (κ3) is 0.607. The van der Waals surface area contributed by atoms with Gasteiger partial charge in [0.25, 0.3) is 0 Å². The first-order chi connectivity index (χ1) is 3.30. The van der Waals surface area contributed by atoms with E-state index in [9.17, 15) is 4.79 Å². The molecular formula is C4H6N2O. The number of amides is 1. The average Bonchev–Trinajstić information content (AvgIpc) is 1.91. The summed E-state index contributed by atoms with van der Waals surface area (Å²) in [5.41, 5.74) is 2.30. The zero-order valence-corrected chi connectivity index (χ0v) is 4.01. The van der Waals surface area contributed by atoms with E-state index in [2.05, 4.69) is 10.5 Å². The van der Waals surface area contributed by atoms with Crippen LogP contribution >= 0.6 is 0 Å². The first-order valence-corrected chi connectivity index (χ1v) is 2.14. The Labute approximate surface area is 41.4 Å². The van der Waals surface area contributed by atoms with Crippen LogP contribution in [-0.2, 0) is 4.79 Å². The van der Waals surface area contributed by atoms with Crippen LogP contribution in [-0.4, -0.2) is 12.1 Å². The van der Waals surface area contributed by atoms with E-state index in [-0.39, 0.29) is 11.8 Å². The Kier molecular flexibility index (Phi) is 0.817. The van der Waals surface area contributed by atoms with Gasteiger partial charge in [-0.3, -0.25) is 4.79 Å².